The summed E-state index contributed by atoms with van der Waals surface area (Å²) in [5.41, 5.74) is 0.922. The summed E-state index contributed by atoms with van der Waals surface area (Å²) in [5.74, 6) is 0. The molecule has 1 aliphatic carbocycles. The minimum Gasteiger partial charge on any atom is -0.387 e. The highest BCUT2D eigenvalue weighted by Crippen LogP contribution is 2.28. The van der Waals surface area contributed by atoms with Crippen molar-refractivity contribution < 1.29 is 5.11 Å². The SMILES string of the molecule is CSC1CCCC1NCC(O)c1ccc(Cl)cc1. The molecule has 2 nitrogen and oxygen atoms in total. The van der Waals surface area contributed by atoms with Crippen molar-refractivity contribution in [1.29, 1.82) is 0 Å². The third-order valence-corrected chi connectivity index (χ3v) is 5.01. The number of rotatable bonds is 5. The van der Waals surface area contributed by atoms with Crippen molar-refractivity contribution >= 4 is 23.4 Å². The summed E-state index contributed by atoms with van der Waals surface area (Å²) in [6.07, 6.45) is 5.51. The second-order valence-corrected chi connectivity index (χ2v) is 6.30. The molecule has 1 fully saturated rings. The Morgan fingerprint density at radius 1 is 1.39 bits per heavy atom. The van der Waals surface area contributed by atoms with Crippen LogP contribution >= 0.6 is 23.4 Å². The Labute approximate surface area is 118 Å². The third kappa shape index (κ3) is 3.64. The van der Waals surface area contributed by atoms with Crippen molar-refractivity contribution in [3.8, 4) is 0 Å². The van der Waals surface area contributed by atoms with Crippen molar-refractivity contribution in [3.63, 3.8) is 0 Å². The van der Waals surface area contributed by atoms with Gasteiger partial charge in [0.2, 0.25) is 0 Å². The standard InChI is InChI=1S/C14H20ClNOS/c1-18-14-4-2-3-12(14)16-9-13(17)10-5-7-11(15)8-6-10/h5-8,12-14,16-17H,2-4,9H2,1H3. The molecule has 3 atom stereocenters. The van der Waals surface area contributed by atoms with Crippen LogP contribution in [0.25, 0.3) is 0 Å². The maximum Gasteiger partial charge on any atom is 0.0914 e. The van der Waals surface area contributed by atoms with Crippen LogP contribution in [0.1, 0.15) is 30.9 Å². The summed E-state index contributed by atoms with van der Waals surface area (Å²) in [4.78, 5) is 0. The van der Waals surface area contributed by atoms with Gasteiger partial charge in [0.1, 0.15) is 0 Å². The topological polar surface area (TPSA) is 32.3 Å². The number of hydrogen-bond acceptors (Lipinski definition) is 3. The van der Waals surface area contributed by atoms with Gasteiger partial charge in [-0.15, -0.1) is 0 Å². The summed E-state index contributed by atoms with van der Waals surface area (Å²) in [5, 5.41) is 15.0. The quantitative estimate of drug-likeness (QED) is 0.871. The molecule has 1 saturated carbocycles. The Hall–Kier alpha value is -0.220. The van der Waals surface area contributed by atoms with Crippen LogP contribution in [0.15, 0.2) is 24.3 Å². The van der Waals surface area contributed by atoms with Gasteiger partial charge in [0.15, 0.2) is 0 Å². The fraction of sp³-hybridized carbons (Fsp3) is 0.571. The molecule has 0 aromatic heterocycles. The van der Waals surface area contributed by atoms with Gasteiger partial charge in [-0.1, -0.05) is 30.2 Å². The molecule has 0 radical (unpaired) electrons. The molecule has 0 heterocycles. The zero-order valence-corrected chi connectivity index (χ0v) is 12.2. The molecule has 100 valence electrons. The highest BCUT2D eigenvalue weighted by Gasteiger charge is 2.26. The molecule has 0 spiro atoms. The first kappa shape index (κ1) is 14.2. The van der Waals surface area contributed by atoms with Gasteiger partial charge < -0.3 is 10.4 Å². The van der Waals surface area contributed by atoms with E-state index in [9.17, 15) is 5.11 Å². The van der Waals surface area contributed by atoms with E-state index in [-0.39, 0.29) is 0 Å². The largest absolute Gasteiger partial charge is 0.387 e. The van der Waals surface area contributed by atoms with Gasteiger partial charge in [-0.3, -0.25) is 0 Å². The van der Waals surface area contributed by atoms with Crippen molar-refractivity contribution in [1.82, 2.24) is 5.32 Å². The predicted octanol–water partition coefficient (Wildman–Crippen LogP) is 3.25. The first-order valence-corrected chi connectivity index (χ1v) is 8.07. The lowest BCUT2D eigenvalue weighted by atomic mass is 10.1. The number of hydrogen-bond donors (Lipinski definition) is 2. The van der Waals surface area contributed by atoms with Gasteiger partial charge in [0.05, 0.1) is 6.10 Å². The summed E-state index contributed by atoms with van der Waals surface area (Å²) in [6.45, 7) is 0.614. The molecule has 1 aliphatic rings. The Kier molecular flexibility index (Phi) is 5.37. The fourth-order valence-electron chi connectivity index (χ4n) is 2.51. The van der Waals surface area contributed by atoms with E-state index in [1.807, 2.05) is 36.0 Å². The van der Waals surface area contributed by atoms with Crippen LogP contribution in [0.4, 0.5) is 0 Å². The lowest BCUT2D eigenvalue weighted by Gasteiger charge is -2.21. The lowest BCUT2D eigenvalue weighted by molar-refractivity contribution is 0.170. The molecule has 18 heavy (non-hydrogen) atoms. The summed E-state index contributed by atoms with van der Waals surface area (Å²) >= 11 is 7.76. The second-order valence-electron chi connectivity index (χ2n) is 4.79. The van der Waals surface area contributed by atoms with Crippen LogP contribution in [-0.4, -0.2) is 29.2 Å². The van der Waals surface area contributed by atoms with Crippen molar-refractivity contribution in [2.75, 3.05) is 12.8 Å². The fourth-order valence-corrected chi connectivity index (χ4v) is 3.60. The zero-order chi connectivity index (χ0) is 13.0. The minimum absolute atomic E-state index is 0.453. The molecule has 0 amide bonds. The van der Waals surface area contributed by atoms with Gasteiger partial charge >= 0.3 is 0 Å². The van der Waals surface area contributed by atoms with Crippen molar-refractivity contribution in [2.24, 2.45) is 0 Å². The van der Waals surface area contributed by atoms with Crippen LogP contribution in [-0.2, 0) is 0 Å². The van der Waals surface area contributed by atoms with Crippen molar-refractivity contribution in [3.05, 3.63) is 34.9 Å². The third-order valence-electron chi connectivity index (χ3n) is 3.58. The van der Waals surface area contributed by atoms with Crippen LogP contribution < -0.4 is 5.32 Å². The normalized spacial score (nSPS) is 25.3. The Balaban J connectivity index is 1.84. The molecule has 0 saturated heterocycles. The minimum atomic E-state index is -0.453. The molecule has 1 aromatic carbocycles. The van der Waals surface area contributed by atoms with Gasteiger partial charge in [-0.05, 0) is 36.8 Å². The summed E-state index contributed by atoms with van der Waals surface area (Å²) in [6, 6.07) is 7.95. The van der Waals surface area contributed by atoms with E-state index in [1.165, 1.54) is 19.3 Å². The molecule has 0 aliphatic heterocycles. The first-order chi connectivity index (χ1) is 8.70. The maximum absolute atomic E-state index is 10.1. The zero-order valence-electron chi connectivity index (χ0n) is 10.6. The molecule has 0 bridgehead atoms. The van der Waals surface area contributed by atoms with Crippen LogP contribution in [0.2, 0.25) is 5.02 Å². The van der Waals surface area contributed by atoms with Gasteiger partial charge in [-0.2, -0.15) is 11.8 Å². The van der Waals surface area contributed by atoms with E-state index < -0.39 is 6.10 Å². The Bertz CT molecular complexity index is 371. The molecule has 4 heteroatoms. The van der Waals surface area contributed by atoms with Crippen LogP contribution in [0.3, 0.4) is 0 Å². The summed E-state index contributed by atoms with van der Waals surface area (Å²) < 4.78 is 0. The van der Waals surface area contributed by atoms with Gasteiger partial charge in [0, 0.05) is 22.9 Å². The number of nitrogens with one attached hydrogen (secondary N) is 1. The Morgan fingerprint density at radius 3 is 2.78 bits per heavy atom. The first-order valence-electron chi connectivity index (χ1n) is 6.40. The Morgan fingerprint density at radius 2 is 2.11 bits per heavy atom. The monoisotopic (exact) mass is 285 g/mol. The average Bonchev–Trinajstić information content (AvgIpc) is 2.84. The van der Waals surface area contributed by atoms with Crippen molar-refractivity contribution in [2.45, 2.75) is 36.7 Å². The average molecular weight is 286 g/mol. The molecular formula is C14H20ClNOS. The maximum atomic E-state index is 10.1. The molecule has 2 N–H and O–H groups in total. The number of thioether (sulfide) groups is 1. The van der Waals surface area contributed by atoms with E-state index >= 15 is 0 Å². The smallest absolute Gasteiger partial charge is 0.0914 e. The second kappa shape index (κ2) is 6.80. The highest BCUT2D eigenvalue weighted by molar-refractivity contribution is 7.99. The lowest BCUT2D eigenvalue weighted by Crippen LogP contribution is -2.36. The van der Waals surface area contributed by atoms with E-state index in [1.54, 1.807) is 0 Å². The molecule has 2 rings (SSSR count). The molecule has 3 unspecified atom stereocenters. The number of aliphatic hydroxyl groups is 1. The van der Waals surface area contributed by atoms with E-state index in [0.29, 0.717) is 22.9 Å². The summed E-state index contributed by atoms with van der Waals surface area (Å²) in [7, 11) is 0. The van der Waals surface area contributed by atoms with E-state index in [0.717, 1.165) is 5.56 Å². The van der Waals surface area contributed by atoms with E-state index in [2.05, 4.69) is 11.6 Å². The number of benzene rings is 1. The number of aliphatic hydroxyl groups excluding tert-OH is 1. The molecule has 1 aromatic rings. The number of halogens is 1. The van der Waals surface area contributed by atoms with Gasteiger partial charge in [0.25, 0.3) is 0 Å². The highest BCUT2D eigenvalue weighted by atomic mass is 35.5. The van der Waals surface area contributed by atoms with E-state index in [4.69, 9.17) is 11.6 Å². The van der Waals surface area contributed by atoms with Crippen LogP contribution in [0.5, 0.6) is 0 Å². The predicted molar refractivity (Wildman–Crippen MR) is 79.4 cm³/mol. The van der Waals surface area contributed by atoms with Crippen LogP contribution in [0, 0.1) is 0 Å². The molecular weight excluding hydrogens is 266 g/mol. The van der Waals surface area contributed by atoms with Gasteiger partial charge in [-0.25, -0.2) is 0 Å².